The Bertz CT molecular complexity index is 152. The van der Waals surface area contributed by atoms with Crippen molar-refractivity contribution in [1.29, 1.82) is 0 Å². The summed E-state index contributed by atoms with van der Waals surface area (Å²) in [6, 6.07) is 0.426. The number of unbranched alkanes of at least 4 members (excludes halogenated alkanes) is 1. The molecular formula is C11H24N2O. The SMILES string of the molecule is CCCCC(CC1(OC)CCC1)NN. The van der Waals surface area contributed by atoms with Crippen molar-refractivity contribution in [2.45, 2.75) is 63.5 Å². The second kappa shape index (κ2) is 5.69. The van der Waals surface area contributed by atoms with E-state index in [0.29, 0.717) is 6.04 Å². The average Bonchev–Trinajstić information content (AvgIpc) is 2.16. The number of ether oxygens (including phenoxy) is 1. The highest BCUT2D eigenvalue weighted by Gasteiger charge is 2.38. The molecule has 14 heavy (non-hydrogen) atoms. The number of hydrogen-bond acceptors (Lipinski definition) is 3. The van der Waals surface area contributed by atoms with E-state index < -0.39 is 0 Å². The number of nitrogens with one attached hydrogen (secondary N) is 1. The molecule has 1 rings (SSSR count). The lowest BCUT2D eigenvalue weighted by Gasteiger charge is -2.42. The van der Waals surface area contributed by atoms with Crippen molar-refractivity contribution >= 4 is 0 Å². The maximum Gasteiger partial charge on any atom is 0.0694 e. The predicted molar refractivity (Wildman–Crippen MR) is 58.8 cm³/mol. The maximum absolute atomic E-state index is 5.59. The normalized spacial score (nSPS) is 21.6. The van der Waals surface area contributed by atoms with Gasteiger partial charge in [-0.3, -0.25) is 11.3 Å². The summed E-state index contributed by atoms with van der Waals surface area (Å²) in [7, 11) is 1.83. The fourth-order valence-electron chi connectivity index (χ4n) is 2.21. The van der Waals surface area contributed by atoms with Crippen molar-refractivity contribution in [3.05, 3.63) is 0 Å². The van der Waals surface area contributed by atoms with Crippen LogP contribution in [0.1, 0.15) is 51.9 Å². The van der Waals surface area contributed by atoms with Gasteiger partial charge in [0, 0.05) is 13.2 Å². The number of nitrogens with two attached hydrogens (primary N) is 1. The standard InChI is InChI=1S/C11H24N2O/c1-3-4-6-10(13-12)9-11(14-2)7-5-8-11/h10,13H,3-9,12H2,1-2H3. The summed E-state index contributed by atoms with van der Waals surface area (Å²) >= 11 is 0. The van der Waals surface area contributed by atoms with Crippen LogP contribution >= 0.6 is 0 Å². The summed E-state index contributed by atoms with van der Waals surface area (Å²) in [5.41, 5.74) is 3.06. The first kappa shape index (κ1) is 12.0. The van der Waals surface area contributed by atoms with Crippen LogP contribution in [0.15, 0.2) is 0 Å². The van der Waals surface area contributed by atoms with Crippen LogP contribution in [0.4, 0.5) is 0 Å². The lowest BCUT2D eigenvalue weighted by Crippen LogP contribution is -2.47. The quantitative estimate of drug-likeness (QED) is 0.488. The molecule has 84 valence electrons. The van der Waals surface area contributed by atoms with Crippen LogP contribution in [0.3, 0.4) is 0 Å². The van der Waals surface area contributed by atoms with E-state index in [2.05, 4.69) is 12.3 Å². The van der Waals surface area contributed by atoms with Crippen molar-refractivity contribution in [1.82, 2.24) is 5.43 Å². The lowest BCUT2D eigenvalue weighted by atomic mass is 9.75. The van der Waals surface area contributed by atoms with Crippen molar-refractivity contribution in [2.75, 3.05) is 7.11 Å². The molecule has 3 nitrogen and oxygen atoms in total. The minimum absolute atomic E-state index is 0.144. The van der Waals surface area contributed by atoms with Crippen LogP contribution in [0.5, 0.6) is 0 Å². The molecule has 1 aliphatic rings. The van der Waals surface area contributed by atoms with E-state index in [1.165, 1.54) is 32.1 Å². The molecule has 0 bridgehead atoms. The zero-order valence-corrected chi connectivity index (χ0v) is 9.51. The van der Waals surface area contributed by atoms with Gasteiger partial charge in [-0.1, -0.05) is 19.8 Å². The molecule has 0 aromatic rings. The van der Waals surface area contributed by atoms with Gasteiger partial charge in [-0.15, -0.1) is 0 Å². The second-order valence-electron chi connectivity index (χ2n) is 4.45. The Morgan fingerprint density at radius 1 is 1.50 bits per heavy atom. The highest BCUT2D eigenvalue weighted by atomic mass is 16.5. The molecule has 0 radical (unpaired) electrons. The van der Waals surface area contributed by atoms with E-state index in [1.54, 1.807) is 0 Å². The van der Waals surface area contributed by atoms with Crippen LogP contribution < -0.4 is 11.3 Å². The Balaban J connectivity index is 2.30. The van der Waals surface area contributed by atoms with Crippen molar-refractivity contribution in [3.63, 3.8) is 0 Å². The van der Waals surface area contributed by atoms with Gasteiger partial charge in [0.2, 0.25) is 0 Å². The van der Waals surface area contributed by atoms with Gasteiger partial charge >= 0.3 is 0 Å². The fourth-order valence-corrected chi connectivity index (χ4v) is 2.21. The van der Waals surface area contributed by atoms with E-state index in [9.17, 15) is 0 Å². The molecule has 1 aliphatic carbocycles. The largest absolute Gasteiger partial charge is 0.378 e. The molecule has 1 unspecified atom stereocenters. The molecule has 0 aromatic carbocycles. The summed E-state index contributed by atoms with van der Waals surface area (Å²) < 4.78 is 5.59. The minimum Gasteiger partial charge on any atom is -0.378 e. The first-order valence-electron chi connectivity index (χ1n) is 5.77. The average molecular weight is 200 g/mol. The van der Waals surface area contributed by atoms with Crippen molar-refractivity contribution in [2.24, 2.45) is 5.84 Å². The molecular weight excluding hydrogens is 176 g/mol. The summed E-state index contributed by atoms with van der Waals surface area (Å²) in [5.74, 6) is 5.55. The topological polar surface area (TPSA) is 47.3 Å². The van der Waals surface area contributed by atoms with Gasteiger partial charge < -0.3 is 4.74 Å². The van der Waals surface area contributed by atoms with Crippen LogP contribution in [-0.2, 0) is 4.74 Å². The monoisotopic (exact) mass is 200 g/mol. The zero-order valence-electron chi connectivity index (χ0n) is 9.51. The number of rotatable bonds is 7. The van der Waals surface area contributed by atoms with Gasteiger partial charge in [0.25, 0.3) is 0 Å². The van der Waals surface area contributed by atoms with E-state index in [4.69, 9.17) is 10.6 Å². The molecule has 1 atom stereocenters. The number of hydrogen-bond donors (Lipinski definition) is 2. The maximum atomic E-state index is 5.59. The fraction of sp³-hybridized carbons (Fsp3) is 1.00. The Kier molecular flexibility index (Phi) is 4.85. The number of methoxy groups -OCH3 is 1. The van der Waals surface area contributed by atoms with Gasteiger partial charge in [-0.2, -0.15) is 0 Å². The van der Waals surface area contributed by atoms with Gasteiger partial charge in [0.15, 0.2) is 0 Å². The van der Waals surface area contributed by atoms with Gasteiger partial charge in [0.05, 0.1) is 5.60 Å². The summed E-state index contributed by atoms with van der Waals surface area (Å²) in [4.78, 5) is 0. The van der Waals surface area contributed by atoms with Crippen molar-refractivity contribution < 1.29 is 4.74 Å². The first-order chi connectivity index (χ1) is 6.76. The van der Waals surface area contributed by atoms with Crippen LogP contribution in [-0.4, -0.2) is 18.8 Å². The lowest BCUT2D eigenvalue weighted by molar-refractivity contribution is -0.0840. The Morgan fingerprint density at radius 3 is 2.57 bits per heavy atom. The van der Waals surface area contributed by atoms with Gasteiger partial charge in [-0.05, 0) is 32.1 Å². The third-order valence-electron chi connectivity index (χ3n) is 3.46. The summed E-state index contributed by atoms with van der Waals surface area (Å²) in [5, 5.41) is 0. The molecule has 0 aliphatic heterocycles. The highest BCUT2D eigenvalue weighted by molar-refractivity contribution is 4.92. The molecule has 0 aromatic heterocycles. The summed E-state index contributed by atoms with van der Waals surface area (Å²) in [6.07, 6.45) is 8.42. The van der Waals surface area contributed by atoms with E-state index in [0.717, 1.165) is 12.8 Å². The van der Waals surface area contributed by atoms with E-state index in [-0.39, 0.29) is 5.60 Å². The zero-order chi connectivity index (χ0) is 10.4. The molecule has 0 heterocycles. The van der Waals surface area contributed by atoms with E-state index >= 15 is 0 Å². The predicted octanol–water partition coefficient (Wildman–Crippen LogP) is 1.97. The number of hydrazine groups is 1. The van der Waals surface area contributed by atoms with Crippen molar-refractivity contribution in [3.8, 4) is 0 Å². The smallest absolute Gasteiger partial charge is 0.0694 e. The first-order valence-corrected chi connectivity index (χ1v) is 5.77. The molecule has 0 spiro atoms. The van der Waals surface area contributed by atoms with Gasteiger partial charge in [-0.25, -0.2) is 0 Å². The summed E-state index contributed by atoms with van der Waals surface area (Å²) in [6.45, 7) is 2.21. The van der Waals surface area contributed by atoms with E-state index in [1.807, 2.05) is 7.11 Å². The van der Waals surface area contributed by atoms with Crippen LogP contribution in [0, 0.1) is 0 Å². The molecule has 0 saturated heterocycles. The molecule has 3 heteroatoms. The highest BCUT2D eigenvalue weighted by Crippen LogP contribution is 2.39. The minimum atomic E-state index is 0.144. The Labute approximate surface area is 87.4 Å². The Hall–Kier alpha value is -0.120. The second-order valence-corrected chi connectivity index (χ2v) is 4.45. The van der Waals surface area contributed by atoms with Crippen LogP contribution in [0.25, 0.3) is 0 Å². The molecule has 3 N–H and O–H groups in total. The molecule has 0 amide bonds. The third kappa shape index (κ3) is 2.94. The third-order valence-corrected chi connectivity index (χ3v) is 3.46. The Morgan fingerprint density at radius 2 is 2.21 bits per heavy atom. The molecule has 1 fully saturated rings. The molecule has 1 saturated carbocycles. The van der Waals surface area contributed by atoms with Gasteiger partial charge in [0.1, 0.15) is 0 Å². The van der Waals surface area contributed by atoms with Crippen LogP contribution in [0.2, 0.25) is 0 Å².